The Morgan fingerprint density at radius 1 is 1.20 bits per heavy atom. The van der Waals surface area contributed by atoms with E-state index in [1.54, 1.807) is 12.1 Å². The third-order valence-electron chi connectivity index (χ3n) is 4.21. The number of aliphatic hydroxyl groups is 1. The summed E-state index contributed by atoms with van der Waals surface area (Å²) in [6, 6.07) is 11.3. The van der Waals surface area contributed by atoms with Gasteiger partial charge in [0.2, 0.25) is 0 Å². The number of β-amino-alcohol motifs (C(OH)–C–C–N with tert-alkyl or cyclic N) is 1. The van der Waals surface area contributed by atoms with Gasteiger partial charge in [0.25, 0.3) is 0 Å². The second kappa shape index (κ2) is 7.07. The molecule has 25 heavy (non-hydrogen) atoms. The zero-order valence-electron chi connectivity index (χ0n) is 13.6. The number of aromatic hydroxyl groups is 1. The van der Waals surface area contributed by atoms with Crippen molar-refractivity contribution >= 4 is 27.4 Å². The molecule has 0 aromatic heterocycles. The summed E-state index contributed by atoms with van der Waals surface area (Å²) >= 11 is 0. The predicted molar refractivity (Wildman–Crippen MR) is 98.1 cm³/mol. The Balaban J connectivity index is 1.90. The highest BCUT2D eigenvalue weighted by Gasteiger charge is 2.36. The predicted octanol–water partition coefficient (Wildman–Crippen LogP) is 3.09. The van der Waals surface area contributed by atoms with E-state index in [9.17, 15) is 19.3 Å². The van der Waals surface area contributed by atoms with E-state index in [-0.39, 0.29) is 18.0 Å². The van der Waals surface area contributed by atoms with Gasteiger partial charge in [-0.3, -0.25) is 13.4 Å². The zero-order valence-corrected chi connectivity index (χ0v) is 14.4. The molecule has 0 amide bonds. The second-order valence-corrected chi connectivity index (χ2v) is 7.82. The number of nitriles is 1. The number of aryl methyl sites for hydroxylation is 1. The van der Waals surface area contributed by atoms with Gasteiger partial charge in [-0.05, 0) is 47.7 Å². The van der Waals surface area contributed by atoms with Crippen molar-refractivity contribution in [2.75, 3.05) is 10.8 Å². The fraction of sp³-hybridized carbons (Fsp3) is 0.353. The van der Waals surface area contributed by atoms with Crippen LogP contribution in [0.2, 0.25) is 0 Å². The third-order valence-corrected chi connectivity index (χ3v) is 5.76. The van der Waals surface area contributed by atoms with Crippen molar-refractivity contribution in [1.29, 1.82) is 5.26 Å². The smallest absolute Gasteiger partial charge is 0.142 e. The first-order valence-corrected chi connectivity index (χ1v) is 9.55. The second-order valence-electron chi connectivity index (χ2n) is 6.10. The van der Waals surface area contributed by atoms with E-state index in [0.29, 0.717) is 6.42 Å². The quantitative estimate of drug-likeness (QED) is 0.518. The Labute approximate surface area is 147 Å². The molecule has 134 valence electrons. The van der Waals surface area contributed by atoms with Gasteiger partial charge >= 0.3 is 0 Å². The van der Waals surface area contributed by atoms with Crippen LogP contribution in [0, 0.1) is 11.3 Å². The van der Waals surface area contributed by atoms with Crippen molar-refractivity contribution in [3.8, 4) is 11.8 Å². The van der Waals surface area contributed by atoms with Gasteiger partial charge in [0.15, 0.2) is 0 Å². The summed E-state index contributed by atoms with van der Waals surface area (Å²) in [5.41, 5.74) is 1.38. The highest BCUT2D eigenvalue weighted by Crippen LogP contribution is 2.50. The summed E-state index contributed by atoms with van der Waals surface area (Å²) in [7, 11) is -3.37. The van der Waals surface area contributed by atoms with Gasteiger partial charge in [-0.2, -0.15) is 9.98 Å². The highest BCUT2D eigenvalue weighted by molar-refractivity contribution is 8.24. The maximum absolute atomic E-state index is 10.3. The lowest BCUT2D eigenvalue weighted by molar-refractivity contribution is 0.182. The Bertz CT molecular complexity index is 821. The molecule has 0 radical (unpaired) electrons. The molecule has 1 atom stereocenters. The normalized spacial score (nSPS) is 20.6. The zero-order chi connectivity index (χ0) is 18.0. The minimum Gasteiger partial charge on any atom is -0.506 e. The van der Waals surface area contributed by atoms with Crippen LogP contribution >= 0.6 is 11.0 Å². The molecule has 1 fully saturated rings. The fourth-order valence-electron chi connectivity index (χ4n) is 2.99. The molecule has 5 N–H and O–H groups in total. The van der Waals surface area contributed by atoms with Gasteiger partial charge in [0, 0.05) is 6.42 Å². The number of rotatable bonds is 5. The van der Waals surface area contributed by atoms with Gasteiger partial charge in [-0.25, -0.2) is 0 Å². The van der Waals surface area contributed by atoms with Crippen molar-refractivity contribution in [3.05, 3.63) is 35.9 Å². The number of unbranched alkanes of at least 4 members (excludes halogenated alkanes) is 2. The van der Waals surface area contributed by atoms with Crippen LogP contribution < -0.4 is 9.03 Å². The number of nitrogens with one attached hydrogen (secondary N) is 1. The number of benzene rings is 2. The number of aliphatic hydroxyl groups excluding tert-OH is 1. The fourth-order valence-corrected chi connectivity index (χ4v) is 4.33. The lowest BCUT2D eigenvalue weighted by Gasteiger charge is -2.37. The van der Waals surface area contributed by atoms with Crippen LogP contribution in [0.1, 0.15) is 24.8 Å². The van der Waals surface area contributed by atoms with Crippen LogP contribution in [0.5, 0.6) is 5.75 Å². The molecule has 1 aliphatic heterocycles. The number of hydrogen-bond acceptors (Lipinski definition) is 7. The van der Waals surface area contributed by atoms with Crippen LogP contribution in [0.3, 0.4) is 0 Å². The third kappa shape index (κ3) is 3.81. The number of phenolic OH excluding ortho intramolecular Hbond substituents is 1. The summed E-state index contributed by atoms with van der Waals surface area (Å²) in [6.45, 7) is -0.0325. The number of nitrogens with zero attached hydrogens (tertiary/aromatic N) is 2. The molecule has 2 aromatic carbocycles. The van der Waals surface area contributed by atoms with Crippen LogP contribution in [-0.4, -0.2) is 32.1 Å². The van der Waals surface area contributed by atoms with Crippen molar-refractivity contribution in [1.82, 2.24) is 4.72 Å². The highest BCUT2D eigenvalue weighted by atomic mass is 32.3. The monoisotopic (exact) mass is 363 g/mol. The molecule has 1 aliphatic rings. The van der Waals surface area contributed by atoms with Gasteiger partial charge in [0.05, 0.1) is 12.6 Å². The number of fused-ring (bicyclic) bond motifs is 1. The van der Waals surface area contributed by atoms with Crippen molar-refractivity contribution in [3.63, 3.8) is 0 Å². The van der Waals surface area contributed by atoms with Gasteiger partial charge in [-0.1, -0.05) is 29.2 Å². The molecule has 0 bridgehead atoms. The number of hydrogen-bond donors (Lipinski definition) is 5. The Morgan fingerprint density at radius 2 is 2.00 bits per heavy atom. The number of phenols is 1. The minimum atomic E-state index is -3.37. The van der Waals surface area contributed by atoms with Crippen molar-refractivity contribution in [2.45, 2.75) is 31.9 Å². The van der Waals surface area contributed by atoms with E-state index in [1.807, 2.05) is 18.2 Å². The van der Waals surface area contributed by atoms with Crippen LogP contribution in [0.15, 0.2) is 30.3 Å². The summed E-state index contributed by atoms with van der Waals surface area (Å²) < 4.78 is 23.6. The average molecular weight is 363 g/mol. The summed E-state index contributed by atoms with van der Waals surface area (Å²) in [5.74, 6) is -0.0786. The molecule has 1 unspecified atom stereocenters. The molecule has 7 nitrogen and oxygen atoms in total. The molecular formula is C17H21N3O4S. The van der Waals surface area contributed by atoms with Crippen LogP contribution in [0.25, 0.3) is 10.8 Å². The molecular weight excluding hydrogens is 342 g/mol. The van der Waals surface area contributed by atoms with Crippen molar-refractivity contribution < 1.29 is 19.3 Å². The average Bonchev–Trinajstić information content (AvgIpc) is 2.83. The van der Waals surface area contributed by atoms with E-state index >= 15 is 0 Å². The van der Waals surface area contributed by atoms with Gasteiger partial charge in [0.1, 0.15) is 17.7 Å². The maximum atomic E-state index is 10.3. The summed E-state index contributed by atoms with van der Waals surface area (Å²) in [5, 5.41) is 30.2. The Hall–Kier alpha value is -2.02. The summed E-state index contributed by atoms with van der Waals surface area (Å²) in [6.07, 6.45) is 2.10. The Kier molecular flexibility index (Phi) is 5.03. The van der Waals surface area contributed by atoms with Crippen LogP contribution in [-0.2, 0) is 6.42 Å². The SMILES string of the molecule is N#CCCCCc1ccc2cc(O)c(N3CC(O)NS3(O)O)cc2c1. The van der Waals surface area contributed by atoms with Gasteiger partial charge < -0.3 is 10.2 Å². The maximum Gasteiger partial charge on any atom is 0.142 e. The first-order chi connectivity index (χ1) is 11.9. The van der Waals surface area contributed by atoms with E-state index in [4.69, 9.17) is 5.26 Å². The minimum absolute atomic E-state index is 0.0325. The Morgan fingerprint density at radius 3 is 2.68 bits per heavy atom. The van der Waals surface area contributed by atoms with E-state index < -0.39 is 17.2 Å². The lowest BCUT2D eigenvalue weighted by atomic mass is 10.0. The standard InChI is InChI=1S/C17H21N3O4S/c18-7-3-1-2-4-12-5-6-13-10-16(21)15(9-14(13)8-12)20-11-17(22)19-25(20,23)24/h5-6,8-10,17,19,21-24H,1-4,11H2. The largest absolute Gasteiger partial charge is 0.506 e. The number of anilines is 1. The van der Waals surface area contributed by atoms with E-state index in [1.165, 1.54) is 4.31 Å². The molecule has 1 heterocycles. The molecule has 1 saturated heterocycles. The van der Waals surface area contributed by atoms with E-state index in [0.717, 1.165) is 35.6 Å². The van der Waals surface area contributed by atoms with Crippen molar-refractivity contribution in [2.24, 2.45) is 0 Å². The molecule has 8 heteroatoms. The lowest BCUT2D eigenvalue weighted by Crippen LogP contribution is -2.25. The van der Waals surface area contributed by atoms with Crippen LogP contribution in [0.4, 0.5) is 5.69 Å². The first kappa shape index (κ1) is 17.8. The van der Waals surface area contributed by atoms with Gasteiger partial charge in [-0.15, -0.1) is 0 Å². The molecule has 0 spiro atoms. The molecule has 0 saturated carbocycles. The molecule has 2 aromatic rings. The summed E-state index contributed by atoms with van der Waals surface area (Å²) in [4.78, 5) is 0. The topological polar surface area (TPSA) is 120 Å². The molecule has 0 aliphatic carbocycles. The first-order valence-electron chi connectivity index (χ1n) is 8.04. The van der Waals surface area contributed by atoms with E-state index in [2.05, 4.69) is 10.8 Å². The molecule has 3 rings (SSSR count).